The molecule has 1 unspecified atom stereocenters. The van der Waals surface area contributed by atoms with Crippen molar-refractivity contribution in [3.63, 3.8) is 0 Å². The summed E-state index contributed by atoms with van der Waals surface area (Å²) in [7, 11) is 0. The molecule has 0 bridgehead atoms. The Morgan fingerprint density at radius 2 is 2.10 bits per heavy atom. The molecule has 7 heteroatoms. The topological polar surface area (TPSA) is 37.8 Å². The molecule has 3 aromatic rings. The summed E-state index contributed by atoms with van der Waals surface area (Å²) in [6, 6.07) is 8.18. The van der Waals surface area contributed by atoms with Crippen molar-refractivity contribution in [3.05, 3.63) is 51.2 Å². The molecule has 0 radical (unpaired) electrons. The minimum absolute atomic E-state index is 0.257. The molecule has 1 N–H and O–H groups in total. The number of aromatic nitrogens is 2. The highest BCUT2D eigenvalue weighted by Crippen LogP contribution is 2.33. The largest absolute Gasteiger partial charge is 0.375 e. The van der Waals surface area contributed by atoms with Crippen molar-refractivity contribution in [2.45, 2.75) is 13.0 Å². The molecular weight excluding hydrogens is 377 g/mol. The summed E-state index contributed by atoms with van der Waals surface area (Å²) in [6.07, 6.45) is 0. The molecule has 3 nitrogen and oxygen atoms in total. The van der Waals surface area contributed by atoms with Crippen molar-refractivity contribution < 1.29 is 4.39 Å². The van der Waals surface area contributed by atoms with E-state index in [-0.39, 0.29) is 11.9 Å². The van der Waals surface area contributed by atoms with Gasteiger partial charge >= 0.3 is 0 Å². The smallest absolute Gasteiger partial charge is 0.129 e. The van der Waals surface area contributed by atoms with Crippen LogP contribution in [0.2, 0.25) is 5.02 Å². The number of rotatable bonds is 3. The Bertz CT molecular complexity index is 808. The van der Waals surface area contributed by atoms with Gasteiger partial charge in [-0.15, -0.1) is 0 Å². The van der Waals surface area contributed by atoms with Crippen molar-refractivity contribution >= 4 is 56.0 Å². The highest BCUT2D eigenvalue weighted by atomic mass is 79.9. The number of nitrogens with one attached hydrogen (secondary N) is 1. The molecule has 0 fully saturated rings. The van der Waals surface area contributed by atoms with Crippen LogP contribution in [0.15, 0.2) is 34.8 Å². The molecule has 2 aromatic carbocycles. The Morgan fingerprint density at radius 3 is 2.90 bits per heavy atom. The first-order chi connectivity index (χ1) is 10.1. The maximum Gasteiger partial charge on any atom is 0.129 e. The summed E-state index contributed by atoms with van der Waals surface area (Å²) in [5, 5.41) is 3.77. The molecule has 0 aliphatic rings. The molecule has 0 aliphatic carbocycles. The van der Waals surface area contributed by atoms with Crippen LogP contribution in [-0.2, 0) is 0 Å². The fraction of sp³-hybridized carbons (Fsp3) is 0.143. The van der Waals surface area contributed by atoms with E-state index in [1.165, 1.54) is 6.07 Å². The quantitative estimate of drug-likeness (QED) is 0.653. The minimum atomic E-state index is -0.266. The Labute approximate surface area is 138 Å². The van der Waals surface area contributed by atoms with E-state index in [1.54, 1.807) is 18.2 Å². The number of hydrogen-bond donors (Lipinski definition) is 1. The highest BCUT2D eigenvalue weighted by molar-refractivity contribution is 9.10. The van der Waals surface area contributed by atoms with Gasteiger partial charge in [0.1, 0.15) is 16.9 Å². The van der Waals surface area contributed by atoms with E-state index in [4.69, 9.17) is 11.6 Å². The third kappa shape index (κ3) is 2.88. The average Bonchev–Trinajstić information content (AvgIpc) is 2.93. The van der Waals surface area contributed by atoms with Gasteiger partial charge in [-0.2, -0.15) is 8.75 Å². The van der Waals surface area contributed by atoms with Crippen LogP contribution in [0.5, 0.6) is 0 Å². The maximum atomic E-state index is 14.0. The summed E-state index contributed by atoms with van der Waals surface area (Å²) in [4.78, 5) is 0. The SMILES string of the molecule is CC(Nc1c(Cl)ccc2nsnc12)c1cc(Br)ccc1F. The molecule has 3 rings (SSSR count). The van der Waals surface area contributed by atoms with E-state index in [1.807, 2.05) is 13.0 Å². The average molecular weight is 387 g/mol. The zero-order valence-corrected chi connectivity index (χ0v) is 14.1. The summed E-state index contributed by atoms with van der Waals surface area (Å²) in [5.41, 5.74) is 2.71. The van der Waals surface area contributed by atoms with E-state index in [9.17, 15) is 4.39 Å². The number of nitrogens with zero attached hydrogens (tertiary/aromatic N) is 2. The van der Waals surface area contributed by atoms with E-state index in [0.29, 0.717) is 21.8 Å². The second-order valence-electron chi connectivity index (χ2n) is 4.59. The Kier molecular flexibility index (Phi) is 4.10. The Hall–Kier alpha value is -1.24. The molecule has 0 saturated carbocycles. The van der Waals surface area contributed by atoms with Gasteiger partial charge in [-0.1, -0.05) is 27.5 Å². The minimum Gasteiger partial charge on any atom is -0.375 e. The predicted molar refractivity (Wildman–Crippen MR) is 88.6 cm³/mol. The summed E-state index contributed by atoms with van der Waals surface area (Å²) < 4.78 is 23.2. The molecule has 108 valence electrons. The van der Waals surface area contributed by atoms with Crippen molar-refractivity contribution in [1.29, 1.82) is 0 Å². The summed E-state index contributed by atoms with van der Waals surface area (Å²) >= 11 is 10.7. The van der Waals surface area contributed by atoms with Crippen LogP contribution < -0.4 is 5.32 Å². The van der Waals surface area contributed by atoms with Crippen molar-refractivity contribution in [3.8, 4) is 0 Å². The predicted octanol–water partition coefficient (Wildman–Crippen LogP) is 5.42. The molecular formula is C14H10BrClFN3S. The van der Waals surface area contributed by atoms with Crippen LogP contribution in [0.4, 0.5) is 10.1 Å². The van der Waals surface area contributed by atoms with Gasteiger partial charge in [0, 0.05) is 10.0 Å². The van der Waals surface area contributed by atoms with Crippen LogP contribution in [0, 0.1) is 5.82 Å². The first-order valence-electron chi connectivity index (χ1n) is 6.18. The second-order valence-corrected chi connectivity index (χ2v) is 6.44. The number of fused-ring (bicyclic) bond motifs is 1. The van der Waals surface area contributed by atoms with Crippen LogP contribution in [0.1, 0.15) is 18.5 Å². The monoisotopic (exact) mass is 385 g/mol. The number of benzene rings is 2. The zero-order chi connectivity index (χ0) is 15.0. The first-order valence-corrected chi connectivity index (χ1v) is 8.08. The van der Waals surface area contributed by atoms with E-state index >= 15 is 0 Å². The van der Waals surface area contributed by atoms with Crippen LogP contribution in [0.25, 0.3) is 11.0 Å². The molecule has 1 heterocycles. The summed E-state index contributed by atoms with van der Waals surface area (Å²) in [5.74, 6) is -0.266. The van der Waals surface area contributed by atoms with E-state index in [2.05, 4.69) is 30.0 Å². The maximum absolute atomic E-state index is 14.0. The number of halogens is 3. The van der Waals surface area contributed by atoms with E-state index < -0.39 is 0 Å². The van der Waals surface area contributed by atoms with Gasteiger partial charge in [0.2, 0.25) is 0 Å². The van der Waals surface area contributed by atoms with Gasteiger partial charge in [0.15, 0.2) is 0 Å². The lowest BCUT2D eigenvalue weighted by atomic mass is 10.1. The fourth-order valence-corrected chi connectivity index (χ4v) is 3.23. The molecule has 0 spiro atoms. The van der Waals surface area contributed by atoms with Gasteiger partial charge in [0.05, 0.1) is 28.5 Å². The second kappa shape index (κ2) is 5.87. The molecule has 1 aromatic heterocycles. The Morgan fingerprint density at radius 1 is 1.29 bits per heavy atom. The fourth-order valence-electron chi connectivity index (χ4n) is 2.10. The molecule has 21 heavy (non-hydrogen) atoms. The standard InChI is InChI=1S/C14H10BrClFN3S/c1-7(9-6-8(15)2-4-11(9)17)18-13-10(16)3-5-12-14(13)20-21-19-12/h2-7,18H,1H3. The zero-order valence-electron chi connectivity index (χ0n) is 10.9. The molecule has 0 saturated heterocycles. The molecule has 0 amide bonds. The van der Waals surface area contributed by atoms with Gasteiger partial charge in [0.25, 0.3) is 0 Å². The van der Waals surface area contributed by atoms with Gasteiger partial charge in [-0.25, -0.2) is 4.39 Å². The highest BCUT2D eigenvalue weighted by Gasteiger charge is 2.16. The van der Waals surface area contributed by atoms with E-state index in [0.717, 1.165) is 21.7 Å². The Balaban J connectivity index is 2.00. The lowest BCUT2D eigenvalue weighted by Crippen LogP contribution is -2.09. The number of hydrogen-bond acceptors (Lipinski definition) is 4. The lowest BCUT2D eigenvalue weighted by molar-refractivity contribution is 0.600. The lowest BCUT2D eigenvalue weighted by Gasteiger charge is -2.18. The number of anilines is 1. The van der Waals surface area contributed by atoms with Crippen LogP contribution in [0.3, 0.4) is 0 Å². The van der Waals surface area contributed by atoms with Crippen molar-refractivity contribution in [1.82, 2.24) is 8.75 Å². The van der Waals surface area contributed by atoms with Crippen LogP contribution >= 0.6 is 39.3 Å². The summed E-state index contributed by atoms with van der Waals surface area (Å²) in [6.45, 7) is 1.87. The van der Waals surface area contributed by atoms with Gasteiger partial charge in [-0.05, 0) is 37.3 Å². The van der Waals surface area contributed by atoms with Gasteiger partial charge < -0.3 is 5.32 Å². The molecule has 0 aliphatic heterocycles. The van der Waals surface area contributed by atoms with Crippen molar-refractivity contribution in [2.24, 2.45) is 0 Å². The van der Waals surface area contributed by atoms with Crippen LogP contribution in [-0.4, -0.2) is 8.75 Å². The van der Waals surface area contributed by atoms with Gasteiger partial charge in [-0.3, -0.25) is 0 Å². The normalized spacial score (nSPS) is 12.6. The van der Waals surface area contributed by atoms with Crippen molar-refractivity contribution in [2.75, 3.05) is 5.32 Å². The third-order valence-electron chi connectivity index (χ3n) is 3.16. The molecule has 1 atom stereocenters. The first kappa shape index (κ1) is 14.7. The third-order valence-corrected chi connectivity index (χ3v) is 4.51.